The average molecular weight is 607 g/mol. The molecule has 0 saturated heterocycles. The molecular formula is C42H30N4O. The second-order valence-electron chi connectivity index (χ2n) is 11.6. The maximum absolute atomic E-state index is 10.6. The highest BCUT2D eigenvalue weighted by atomic mass is 16.3. The smallest absolute Gasteiger partial charge is 0.146 e. The molecule has 8 aromatic rings. The lowest BCUT2D eigenvalue weighted by Gasteiger charge is -2.12. The first kappa shape index (κ1) is 28.2. The molecule has 0 amide bonds. The van der Waals surface area contributed by atoms with Gasteiger partial charge in [0, 0.05) is 36.8 Å². The average Bonchev–Trinajstić information content (AvgIpc) is 3.48. The fraction of sp³-hybridized carbons (Fsp3) is 0.0238. The molecule has 0 bridgehead atoms. The van der Waals surface area contributed by atoms with Crippen molar-refractivity contribution in [1.82, 2.24) is 19.5 Å². The van der Waals surface area contributed by atoms with Gasteiger partial charge in [-0.1, -0.05) is 97.1 Å². The standard InChI is InChI=1S/C42H30N4O/c1-46-39-14-8-13-36(41(39)45-42(46)37-27-43-21-20-40(37)47)34-23-33(29-11-6-3-7-12-29)24-35(25-34)38-26-32(19-22-44-38)31-17-15-30(16-18-31)28-9-4-2-5-10-28/h2-27H,1H3,(H,43,47). The molecule has 5 heteroatoms. The molecule has 0 fully saturated rings. The van der Waals surface area contributed by atoms with Gasteiger partial charge in [-0.3, -0.25) is 9.97 Å². The normalized spacial score (nSPS) is 11.2. The monoisotopic (exact) mass is 606 g/mol. The Hall–Kier alpha value is -6.33. The number of rotatable bonds is 6. The number of hydrogen-bond donors (Lipinski definition) is 1. The van der Waals surface area contributed by atoms with Crippen molar-refractivity contribution in [3.8, 4) is 72.9 Å². The van der Waals surface area contributed by atoms with E-state index >= 15 is 0 Å². The van der Waals surface area contributed by atoms with Crippen molar-refractivity contribution in [3.05, 3.63) is 158 Å². The van der Waals surface area contributed by atoms with Gasteiger partial charge in [-0.05, 0) is 81.4 Å². The molecule has 5 nitrogen and oxygen atoms in total. The Labute approximate surface area is 273 Å². The largest absolute Gasteiger partial charge is 0.507 e. The van der Waals surface area contributed by atoms with Crippen LogP contribution in [0.2, 0.25) is 0 Å². The summed E-state index contributed by atoms with van der Waals surface area (Å²) < 4.78 is 2.01. The minimum atomic E-state index is 0.147. The van der Waals surface area contributed by atoms with E-state index in [0.29, 0.717) is 11.4 Å². The molecule has 0 aliphatic heterocycles. The van der Waals surface area contributed by atoms with Gasteiger partial charge in [-0.2, -0.15) is 0 Å². The molecule has 8 rings (SSSR count). The number of imidazole rings is 1. The molecule has 0 aliphatic carbocycles. The summed E-state index contributed by atoms with van der Waals surface area (Å²) in [6.07, 6.45) is 5.11. The van der Waals surface area contributed by atoms with Crippen LogP contribution in [-0.2, 0) is 7.05 Å². The zero-order valence-electron chi connectivity index (χ0n) is 25.7. The zero-order chi connectivity index (χ0) is 31.7. The van der Waals surface area contributed by atoms with Crippen molar-refractivity contribution < 1.29 is 5.11 Å². The maximum atomic E-state index is 10.6. The molecule has 0 aliphatic rings. The molecule has 1 N–H and O–H groups in total. The summed E-state index contributed by atoms with van der Waals surface area (Å²) >= 11 is 0. The van der Waals surface area contributed by atoms with Gasteiger partial charge in [-0.25, -0.2) is 4.98 Å². The summed E-state index contributed by atoms with van der Waals surface area (Å²) in [5, 5.41) is 10.6. The molecule has 3 aromatic heterocycles. The van der Waals surface area contributed by atoms with Crippen LogP contribution in [0.5, 0.6) is 5.75 Å². The van der Waals surface area contributed by atoms with Crippen LogP contribution in [0.3, 0.4) is 0 Å². The Kier molecular flexibility index (Phi) is 7.12. The van der Waals surface area contributed by atoms with E-state index in [0.717, 1.165) is 55.7 Å². The third-order valence-electron chi connectivity index (χ3n) is 8.68. The molecule has 47 heavy (non-hydrogen) atoms. The number of aryl methyl sites for hydroxylation is 1. The van der Waals surface area contributed by atoms with Crippen LogP contribution in [0, 0.1) is 0 Å². The number of hydrogen-bond acceptors (Lipinski definition) is 4. The fourth-order valence-electron chi connectivity index (χ4n) is 6.23. The van der Waals surface area contributed by atoms with Crippen LogP contribution >= 0.6 is 0 Å². The van der Waals surface area contributed by atoms with Crippen LogP contribution in [0.15, 0.2) is 158 Å². The number of para-hydroxylation sites is 1. The first-order chi connectivity index (χ1) is 23.1. The topological polar surface area (TPSA) is 63.8 Å². The van der Waals surface area contributed by atoms with Crippen LogP contribution in [0.1, 0.15) is 0 Å². The number of aromatic nitrogens is 4. The van der Waals surface area contributed by atoms with Gasteiger partial charge >= 0.3 is 0 Å². The van der Waals surface area contributed by atoms with Gasteiger partial charge in [0.05, 0.1) is 22.3 Å². The van der Waals surface area contributed by atoms with Crippen molar-refractivity contribution in [2.24, 2.45) is 7.05 Å². The van der Waals surface area contributed by atoms with Crippen LogP contribution in [0.25, 0.3) is 78.2 Å². The third-order valence-corrected chi connectivity index (χ3v) is 8.68. The van der Waals surface area contributed by atoms with Crippen molar-refractivity contribution in [2.45, 2.75) is 0 Å². The van der Waals surface area contributed by atoms with E-state index < -0.39 is 0 Å². The highest BCUT2D eigenvalue weighted by Crippen LogP contribution is 2.38. The summed E-state index contributed by atoms with van der Waals surface area (Å²) in [5.41, 5.74) is 13.2. The van der Waals surface area contributed by atoms with E-state index in [1.807, 2.05) is 29.9 Å². The molecular weight excluding hydrogens is 576 g/mol. The van der Waals surface area contributed by atoms with Gasteiger partial charge in [0.1, 0.15) is 11.6 Å². The lowest BCUT2D eigenvalue weighted by atomic mass is 9.93. The molecule has 5 aromatic carbocycles. The van der Waals surface area contributed by atoms with E-state index in [4.69, 9.17) is 9.97 Å². The number of nitrogens with zero attached hydrogens (tertiary/aromatic N) is 4. The quantitative estimate of drug-likeness (QED) is 0.205. The lowest BCUT2D eigenvalue weighted by molar-refractivity contribution is 0.476. The second-order valence-corrected chi connectivity index (χ2v) is 11.6. The summed E-state index contributed by atoms with van der Waals surface area (Å²) in [6, 6.07) is 48.2. The Balaban J connectivity index is 1.25. The SMILES string of the molecule is Cn1c(-c2cnccc2O)nc2c(-c3cc(-c4ccccc4)cc(-c4cc(-c5ccc(-c6ccccc6)cc5)ccn4)c3)cccc21. The summed E-state index contributed by atoms with van der Waals surface area (Å²) in [5.74, 6) is 0.805. The van der Waals surface area contributed by atoms with E-state index in [1.54, 1.807) is 18.5 Å². The number of benzene rings is 5. The first-order valence-corrected chi connectivity index (χ1v) is 15.5. The van der Waals surface area contributed by atoms with Crippen LogP contribution in [-0.4, -0.2) is 24.6 Å². The molecule has 0 radical (unpaired) electrons. The Morgan fingerprint density at radius 1 is 0.511 bits per heavy atom. The lowest BCUT2D eigenvalue weighted by Crippen LogP contribution is -1.93. The summed E-state index contributed by atoms with van der Waals surface area (Å²) in [7, 11) is 1.97. The van der Waals surface area contributed by atoms with Crippen molar-refractivity contribution in [1.29, 1.82) is 0 Å². The van der Waals surface area contributed by atoms with Crippen molar-refractivity contribution in [3.63, 3.8) is 0 Å². The molecule has 3 heterocycles. The first-order valence-electron chi connectivity index (χ1n) is 15.5. The Morgan fingerprint density at radius 2 is 1.15 bits per heavy atom. The second kappa shape index (κ2) is 11.9. The van der Waals surface area contributed by atoms with Gasteiger partial charge in [0.15, 0.2) is 0 Å². The van der Waals surface area contributed by atoms with E-state index in [2.05, 4.69) is 126 Å². The number of aromatic hydroxyl groups is 1. The Bertz CT molecular complexity index is 2360. The number of pyridine rings is 2. The van der Waals surface area contributed by atoms with E-state index in [9.17, 15) is 5.11 Å². The predicted octanol–water partition coefficient (Wildman–Crippen LogP) is 10.1. The van der Waals surface area contributed by atoms with Crippen LogP contribution in [0.4, 0.5) is 0 Å². The fourth-order valence-corrected chi connectivity index (χ4v) is 6.23. The van der Waals surface area contributed by atoms with Crippen molar-refractivity contribution >= 4 is 11.0 Å². The van der Waals surface area contributed by atoms with E-state index in [-0.39, 0.29) is 5.75 Å². The van der Waals surface area contributed by atoms with Gasteiger partial charge in [0.25, 0.3) is 0 Å². The third kappa shape index (κ3) is 5.34. The predicted molar refractivity (Wildman–Crippen MR) is 191 cm³/mol. The van der Waals surface area contributed by atoms with Gasteiger partial charge in [-0.15, -0.1) is 0 Å². The van der Waals surface area contributed by atoms with Gasteiger partial charge < -0.3 is 9.67 Å². The molecule has 224 valence electrons. The molecule has 0 spiro atoms. The minimum Gasteiger partial charge on any atom is -0.507 e. The highest BCUT2D eigenvalue weighted by molar-refractivity contribution is 5.96. The molecule has 0 unspecified atom stereocenters. The van der Waals surface area contributed by atoms with Gasteiger partial charge in [0.2, 0.25) is 0 Å². The highest BCUT2D eigenvalue weighted by Gasteiger charge is 2.18. The minimum absolute atomic E-state index is 0.147. The molecule has 0 saturated carbocycles. The van der Waals surface area contributed by atoms with Crippen molar-refractivity contribution in [2.75, 3.05) is 0 Å². The number of fused-ring (bicyclic) bond motifs is 1. The van der Waals surface area contributed by atoms with E-state index in [1.165, 1.54) is 11.1 Å². The maximum Gasteiger partial charge on any atom is 0.146 e. The van der Waals surface area contributed by atoms with Crippen LogP contribution < -0.4 is 0 Å². The molecule has 0 atom stereocenters. The summed E-state index contributed by atoms with van der Waals surface area (Å²) in [4.78, 5) is 14.1. The zero-order valence-corrected chi connectivity index (χ0v) is 25.7. The summed E-state index contributed by atoms with van der Waals surface area (Å²) in [6.45, 7) is 0. The Morgan fingerprint density at radius 3 is 1.87 bits per heavy atom.